The molecule has 0 saturated heterocycles. The Morgan fingerprint density at radius 3 is 2.74 bits per heavy atom. The number of nitrogens with zero attached hydrogens (tertiary/aromatic N) is 1. The van der Waals surface area contributed by atoms with E-state index >= 15 is 0 Å². The summed E-state index contributed by atoms with van der Waals surface area (Å²) < 4.78 is 19.5. The Morgan fingerprint density at radius 2 is 2.13 bits per heavy atom. The fourth-order valence-corrected chi connectivity index (χ4v) is 2.50. The van der Waals surface area contributed by atoms with Gasteiger partial charge in [0.1, 0.15) is 11.6 Å². The molecule has 0 aliphatic heterocycles. The molecule has 23 heavy (non-hydrogen) atoms. The molecule has 1 aliphatic rings. The Balaban J connectivity index is 2.08. The number of nitrogens with two attached hydrogens (primary N) is 2. The Bertz CT molecular complexity index is 739. The first kappa shape index (κ1) is 15.3. The number of rotatable bonds is 4. The average Bonchev–Trinajstić information content (AvgIpc) is 3.26. The molecule has 1 fully saturated rings. The standard InChI is InChI=1S/C16H17FN4O2/c17-13-7-8-14(21(19)16(22)20-18)12(15(13)10-3-4-10)6-5-11-2-1-9-23-11/h1-2,5-10H,3-4,18-19H2,(H,20,22)/b6-5+. The third-order valence-electron chi connectivity index (χ3n) is 3.76. The lowest BCUT2D eigenvalue weighted by Crippen LogP contribution is -2.48. The summed E-state index contributed by atoms with van der Waals surface area (Å²) in [5.41, 5.74) is 3.45. The van der Waals surface area contributed by atoms with Crippen LogP contribution in [0.1, 0.15) is 35.6 Å². The first-order chi connectivity index (χ1) is 11.1. The van der Waals surface area contributed by atoms with Crippen LogP contribution in [-0.2, 0) is 0 Å². The fourth-order valence-electron chi connectivity index (χ4n) is 2.50. The SMILES string of the molecule is NNC(=O)N(N)c1ccc(F)c(C2CC2)c1/C=C/c1ccco1. The number of nitrogens with one attached hydrogen (secondary N) is 1. The maximum atomic E-state index is 14.3. The normalized spacial score (nSPS) is 14.2. The Kier molecular flexibility index (Phi) is 4.14. The zero-order valence-electron chi connectivity index (χ0n) is 12.3. The number of carbonyl (C=O) groups excluding carboxylic acids is 1. The summed E-state index contributed by atoms with van der Waals surface area (Å²) in [7, 11) is 0. The number of benzene rings is 1. The van der Waals surface area contributed by atoms with Crippen LogP contribution in [0.5, 0.6) is 0 Å². The molecule has 0 radical (unpaired) electrons. The number of anilines is 1. The lowest BCUT2D eigenvalue weighted by atomic mass is 9.99. The molecule has 1 heterocycles. The van der Waals surface area contributed by atoms with Gasteiger partial charge in [-0.05, 0) is 55.2 Å². The van der Waals surface area contributed by atoms with Crippen LogP contribution in [0.25, 0.3) is 12.2 Å². The molecule has 7 heteroatoms. The van der Waals surface area contributed by atoms with E-state index in [1.54, 1.807) is 30.5 Å². The maximum absolute atomic E-state index is 14.3. The van der Waals surface area contributed by atoms with Gasteiger partial charge in [-0.15, -0.1) is 0 Å². The van der Waals surface area contributed by atoms with E-state index in [1.165, 1.54) is 12.1 Å². The number of urea groups is 1. The lowest BCUT2D eigenvalue weighted by molar-refractivity contribution is 0.246. The third kappa shape index (κ3) is 3.10. The van der Waals surface area contributed by atoms with Gasteiger partial charge < -0.3 is 4.42 Å². The second-order valence-corrected chi connectivity index (χ2v) is 5.34. The van der Waals surface area contributed by atoms with Gasteiger partial charge in [-0.1, -0.05) is 0 Å². The van der Waals surface area contributed by atoms with Crippen molar-refractivity contribution in [3.63, 3.8) is 0 Å². The van der Waals surface area contributed by atoms with Crippen LogP contribution in [-0.4, -0.2) is 6.03 Å². The predicted molar refractivity (Wildman–Crippen MR) is 85.4 cm³/mol. The molecule has 0 spiro atoms. The third-order valence-corrected chi connectivity index (χ3v) is 3.76. The summed E-state index contributed by atoms with van der Waals surface area (Å²) in [6.45, 7) is 0. The molecule has 1 aliphatic carbocycles. The smallest absolute Gasteiger partial charge is 0.350 e. The van der Waals surface area contributed by atoms with Gasteiger partial charge in [0.05, 0.1) is 12.0 Å². The van der Waals surface area contributed by atoms with Crippen LogP contribution in [0.15, 0.2) is 34.9 Å². The van der Waals surface area contributed by atoms with E-state index in [9.17, 15) is 9.18 Å². The highest BCUT2D eigenvalue weighted by molar-refractivity contribution is 5.94. The molecule has 1 aromatic heterocycles. The highest BCUT2D eigenvalue weighted by atomic mass is 19.1. The minimum Gasteiger partial charge on any atom is -0.465 e. The predicted octanol–water partition coefficient (Wildman–Crippen LogP) is 2.73. The zero-order chi connectivity index (χ0) is 16.4. The van der Waals surface area contributed by atoms with Crippen molar-refractivity contribution in [1.82, 2.24) is 5.43 Å². The van der Waals surface area contributed by atoms with Gasteiger partial charge in [0.2, 0.25) is 0 Å². The van der Waals surface area contributed by atoms with Crippen molar-refractivity contribution in [3.05, 3.63) is 53.2 Å². The fraction of sp³-hybridized carbons (Fsp3) is 0.188. The summed E-state index contributed by atoms with van der Waals surface area (Å²) in [5, 5.41) is 0.868. The van der Waals surface area contributed by atoms with E-state index < -0.39 is 6.03 Å². The van der Waals surface area contributed by atoms with Crippen molar-refractivity contribution in [1.29, 1.82) is 0 Å². The second-order valence-electron chi connectivity index (χ2n) is 5.34. The van der Waals surface area contributed by atoms with Gasteiger partial charge >= 0.3 is 6.03 Å². The first-order valence-corrected chi connectivity index (χ1v) is 7.21. The molecule has 1 aromatic carbocycles. The van der Waals surface area contributed by atoms with Crippen molar-refractivity contribution in [2.24, 2.45) is 11.7 Å². The largest absolute Gasteiger partial charge is 0.465 e. The van der Waals surface area contributed by atoms with Crippen molar-refractivity contribution in [2.45, 2.75) is 18.8 Å². The molecule has 1 saturated carbocycles. The summed E-state index contributed by atoms with van der Waals surface area (Å²) in [5.74, 6) is 11.4. The van der Waals surface area contributed by atoms with Crippen LogP contribution in [0.3, 0.4) is 0 Å². The summed E-state index contributed by atoms with van der Waals surface area (Å²) >= 11 is 0. The maximum Gasteiger partial charge on any atom is 0.350 e. The minimum atomic E-state index is -0.689. The van der Waals surface area contributed by atoms with Crippen molar-refractivity contribution >= 4 is 23.9 Å². The molecule has 0 bridgehead atoms. The van der Waals surface area contributed by atoms with Gasteiger partial charge in [0.25, 0.3) is 0 Å². The van der Waals surface area contributed by atoms with Crippen molar-refractivity contribution in [3.8, 4) is 0 Å². The molecule has 2 amide bonds. The molecular formula is C16H17FN4O2. The van der Waals surface area contributed by atoms with Crippen molar-refractivity contribution in [2.75, 3.05) is 5.01 Å². The first-order valence-electron chi connectivity index (χ1n) is 7.21. The molecule has 2 aromatic rings. The second kappa shape index (κ2) is 6.23. The van der Waals surface area contributed by atoms with Gasteiger partial charge in [-0.25, -0.2) is 25.9 Å². The van der Waals surface area contributed by atoms with E-state index in [-0.39, 0.29) is 11.7 Å². The Labute approximate surface area is 132 Å². The number of halogens is 1. The molecule has 120 valence electrons. The molecule has 0 unspecified atom stereocenters. The Morgan fingerprint density at radius 1 is 1.35 bits per heavy atom. The summed E-state index contributed by atoms with van der Waals surface area (Å²) in [6.07, 6.45) is 6.78. The van der Waals surface area contributed by atoms with E-state index in [2.05, 4.69) is 0 Å². The van der Waals surface area contributed by atoms with E-state index in [0.717, 1.165) is 17.9 Å². The van der Waals surface area contributed by atoms with Crippen LogP contribution in [0, 0.1) is 5.82 Å². The minimum absolute atomic E-state index is 0.139. The van der Waals surface area contributed by atoms with E-state index in [0.29, 0.717) is 22.6 Å². The highest BCUT2D eigenvalue weighted by Crippen LogP contribution is 2.45. The topological polar surface area (TPSA) is 97.5 Å². The Hall–Kier alpha value is -2.64. The molecule has 3 rings (SSSR count). The van der Waals surface area contributed by atoms with Crippen LogP contribution >= 0.6 is 0 Å². The molecule has 6 nitrogen and oxygen atoms in total. The average molecular weight is 316 g/mol. The number of hydrogen-bond donors (Lipinski definition) is 3. The highest BCUT2D eigenvalue weighted by Gasteiger charge is 2.31. The summed E-state index contributed by atoms with van der Waals surface area (Å²) in [6, 6.07) is 5.62. The van der Waals surface area contributed by atoms with Crippen LogP contribution in [0.2, 0.25) is 0 Å². The monoisotopic (exact) mass is 316 g/mol. The number of amides is 2. The number of hydrazine groups is 2. The van der Waals surface area contributed by atoms with E-state index in [1.807, 2.05) is 5.43 Å². The van der Waals surface area contributed by atoms with Gasteiger partial charge in [0.15, 0.2) is 0 Å². The number of hydrogen-bond acceptors (Lipinski definition) is 4. The molecule has 5 N–H and O–H groups in total. The van der Waals surface area contributed by atoms with Gasteiger partial charge in [0, 0.05) is 11.1 Å². The van der Waals surface area contributed by atoms with Gasteiger partial charge in [-0.2, -0.15) is 0 Å². The number of furan rings is 1. The zero-order valence-corrected chi connectivity index (χ0v) is 12.3. The van der Waals surface area contributed by atoms with Crippen LogP contribution < -0.4 is 22.1 Å². The number of carbonyl (C=O) groups is 1. The molecule has 0 atom stereocenters. The van der Waals surface area contributed by atoms with Crippen molar-refractivity contribution < 1.29 is 13.6 Å². The van der Waals surface area contributed by atoms with E-state index in [4.69, 9.17) is 16.1 Å². The van der Waals surface area contributed by atoms with Crippen LogP contribution in [0.4, 0.5) is 14.9 Å². The summed E-state index contributed by atoms with van der Waals surface area (Å²) in [4.78, 5) is 11.7. The van der Waals surface area contributed by atoms with Gasteiger partial charge in [-0.3, -0.25) is 5.43 Å². The molecular weight excluding hydrogens is 299 g/mol. The quantitative estimate of drug-likeness (QED) is 0.459. The lowest BCUT2D eigenvalue weighted by Gasteiger charge is -2.20.